The van der Waals surface area contributed by atoms with Crippen LogP contribution in [0.15, 0.2) is 18.2 Å². The zero-order valence-corrected chi connectivity index (χ0v) is 14.8. The minimum Gasteiger partial charge on any atom is -0.490 e. The van der Waals surface area contributed by atoms with Crippen LogP contribution < -0.4 is 10.1 Å². The molecule has 0 radical (unpaired) electrons. The van der Waals surface area contributed by atoms with Crippen LogP contribution in [0.4, 0.5) is 5.69 Å². The highest BCUT2D eigenvalue weighted by molar-refractivity contribution is 7.88. The molecule has 0 saturated carbocycles. The Morgan fingerprint density at radius 3 is 2.87 bits per heavy atom. The van der Waals surface area contributed by atoms with Gasteiger partial charge in [-0.3, -0.25) is 4.79 Å². The summed E-state index contributed by atoms with van der Waals surface area (Å²) in [5.41, 5.74) is 0.455. The molecule has 1 aromatic rings. The molecule has 6 nitrogen and oxygen atoms in total. The number of anilines is 1. The number of hydrogen-bond acceptors (Lipinski definition) is 4. The van der Waals surface area contributed by atoms with Crippen molar-refractivity contribution in [2.75, 3.05) is 24.7 Å². The first-order chi connectivity index (χ1) is 10.8. The molecular formula is C15H21ClN2O4S. The topological polar surface area (TPSA) is 75.7 Å². The summed E-state index contributed by atoms with van der Waals surface area (Å²) >= 11 is 6.13. The van der Waals surface area contributed by atoms with Crippen molar-refractivity contribution >= 4 is 33.2 Å². The Kier molecular flexibility index (Phi) is 5.89. The number of halogens is 1. The first kappa shape index (κ1) is 18.0. The molecule has 1 amide bonds. The molecule has 128 valence electrons. The summed E-state index contributed by atoms with van der Waals surface area (Å²) in [6, 6.07) is 4.39. The van der Waals surface area contributed by atoms with E-state index in [2.05, 4.69) is 5.32 Å². The van der Waals surface area contributed by atoms with Crippen LogP contribution >= 0.6 is 11.6 Å². The zero-order valence-electron chi connectivity index (χ0n) is 13.2. The van der Waals surface area contributed by atoms with Gasteiger partial charge in [0.05, 0.1) is 23.6 Å². The highest BCUT2D eigenvalue weighted by Gasteiger charge is 2.36. The van der Waals surface area contributed by atoms with Gasteiger partial charge in [-0.05, 0) is 31.4 Å². The van der Waals surface area contributed by atoms with Crippen molar-refractivity contribution in [3.8, 4) is 5.75 Å². The summed E-state index contributed by atoms with van der Waals surface area (Å²) in [7, 11) is -3.41. The summed E-state index contributed by atoms with van der Waals surface area (Å²) in [6.45, 7) is 2.81. The van der Waals surface area contributed by atoms with Crippen LogP contribution in [0.5, 0.6) is 5.75 Å². The second kappa shape index (κ2) is 7.51. The third kappa shape index (κ3) is 4.37. The second-order valence-corrected chi connectivity index (χ2v) is 7.83. The number of ether oxygens (including phenoxy) is 1. The quantitative estimate of drug-likeness (QED) is 0.845. The molecule has 1 saturated heterocycles. The Balaban J connectivity index is 2.19. The Hall–Kier alpha value is -1.31. The predicted octanol–water partition coefficient (Wildman–Crippen LogP) is 2.49. The molecule has 0 spiro atoms. The number of sulfonamides is 1. The van der Waals surface area contributed by atoms with E-state index in [0.29, 0.717) is 42.5 Å². The van der Waals surface area contributed by atoms with Gasteiger partial charge in [-0.25, -0.2) is 8.42 Å². The highest BCUT2D eigenvalue weighted by Crippen LogP contribution is 2.33. The molecule has 1 aromatic carbocycles. The summed E-state index contributed by atoms with van der Waals surface area (Å²) in [5, 5.41) is 3.16. The van der Waals surface area contributed by atoms with E-state index in [-0.39, 0.29) is 5.91 Å². The van der Waals surface area contributed by atoms with Gasteiger partial charge in [0.2, 0.25) is 15.9 Å². The van der Waals surface area contributed by atoms with Gasteiger partial charge in [0.15, 0.2) is 5.75 Å². The fourth-order valence-electron chi connectivity index (χ4n) is 2.57. The van der Waals surface area contributed by atoms with Crippen molar-refractivity contribution in [2.24, 2.45) is 0 Å². The van der Waals surface area contributed by atoms with Crippen LogP contribution in [-0.2, 0) is 14.8 Å². The lowest BCUT2D eigenvalue weighted by molar-refractivity contribution is -0.119. The molecule has 0 unspecified atom stereocenters. The number of amides is 1. The Labute approximate surface area is 141 Å². The molecule has 1 aliphatic rings. The third-order valence-electron chi connectivity index (χ3n) is 3.61. The first-order valence-electron chi connectivity index (χ1n) is 7.53. The molecular weight excluding hydrogens is 340 g/mol. The fourth-order valence-corrected chi connectivity index (χ4v) is 3.93. The number of carbonyl (C=O) groups excluding carboxylic acids is 1. The number of nitrogens with one attached hydrogen (secondary N) is 1. The number of hydrogen-bond donors (Lipinski definition) is 1. The fraction of sp³-hybridized carbons (Fsp3) is 0.533. The molecule has 8 heteroatoms. The van der Waals surface area contributed by atoms with Crippen LogP contribution in [0.1, 0.15) is 26.2 Å². The van der Waals surface area contributed by atoms with Crippen LogP contribution in [-0.4, -0.2) is 44.1 Å². The average Bonchev–Trinajstić information content (AvgIpc) is 2.96. The number of nitrogens with zero attached hydrogens (tertiary/aromatic N) is 1. The summed E-state index contributed by atoms with van der Waals surface area (Å²) in [4.78, 5) is 12.5. The molecule has 2 rings (SSSR count). The van der Waals surface area contributed by atoms with Crippen molar-refractivity contribution in [3.05, 3.63) is 23.2 Å². The van der Waals surface area contributed by atoms with Crippen molar-refractivity contribution in [2.45, 2.75) is 32.2 Å². The van der Waals surface area contributed by atoms with E-state index < -0.39 is 16.1 Å². The van der Waals surface area contributed by atoms with Crippen LogP contribution in [0, 0.1) is 0 Å². The predicted molar refractivity (Wildman–Crippen MR) is 90.4 cm³/mol. The SMILES string of the molecule is CCCOc1c(Cl)cccc1NC(=O)[C@@H]1CCCN1S(C)(=O)=O. The molecule has 1 fully saturated rings. The highest BCUT2D eigenvalue weighted by atomic mass is 35.5. The van der Waals surface area contributed by atoms with E-state index in [1.54, 1.807) is 18.2 Å². The summed E-state index contributed by atoms with van der Waals surface area (Å²) < 4.78 is 30.4. The van der Waals surface area contributed by atoms with Gasteiger partial charge >= 0.3 is 0 Å². The van der Waals surface area contributed by atoms with E-state index in [0.717, 1.165) is 12.7 Å². The number of benzene rings is 1. The lowest BCUT2D eigenvalue weighted by Gasteiger charge is -2.22. The maximum absolute atomic E-state index is 12.5. The van der Waals surface area contributed by atoms with E-state index in [1.807, 2.05) is 6.92 Å². The number of rotatable bonds is 6. The third-order valence-corrected chi connectivity index (χ3v) is 5.19. The van der Waals surface area contributed by atoms with Crippen molar-refractivity contribution in [1.29, 1.82) is 0 Å². The summed E-state index contributed by atoms with van der Waals surface area (Å²) in [5.74, 6) is 0.0461. The first-order valence-corrected chi connectivity index (χ1v) is 9.76. The minimum absolute atomic E-state index is 0.364. The largest absolute Gasteiger partial charge is 0.490 e. The number of carbonyl (C=O) groups is 1. The number of para-hydroxylation sites is 1. The van der Waals surface area contributed by atoms with Gasteiger partial charge in [-0.15, -0.1) is 0 Å². The molecule has 1 aliphatic heterocycles. The van der Waals surface area contributed by atoms with Gasteiger partial charge in [-0.2, -0.15) is 4.31 Å². The van der Waals surface area contributed by atoms with Gasteiger partial charge in [0, 0.05) is 6.54 Å². The van der Waals surface area contributed by atoms with Crippen molar-refractivity contribution in [1.82, 2.24) is 4.31 Å². The van der Waals surface area contributed by atoms with E-state index in [4.69, 9.17) is 16.3 Å². The molecule has 1 heterocycles. The normalized spacial score (nSPS) is 18.8. The smallest absolute Gasteiger partial charge is 0.242 e. The molecule has 0 aliphatic carbocycles. The lowest BCUT2D eigenvalue weighted by Crippen LogP contribution is -2.42. The second-order valence-electron chi connectivity index (χ2n) is 5.49. The van der Waals surface area contributed by atoms with Gasteiger partial charge in [0.25, 0.3) is 0 Å². The van der Waals surface area contributed by atoms with Crippen LogP contribution in [0.3, 0.4) is 0 Å². The Bertz CT molecular complexity index is 678. The standard InChI is InChI=1S/C15H21ClN2O4S/c1-3-10-22-14-11(16)6-4-7-12(14)17-15(19)13-8-5-9-18(13)23(2,20)21/h4,6-7,13H,3,5,8-10H2,1-2H3,(H,17,19)/t13-/m0/s1. The van der Waals surface area contributed by atoms with Crippen molar-refractivity contribution < 1.29 is 17.9 Å². The van der Waals surface area contributed by atoms with E-state index >= 15 is 0 Å². The molecule has 1 atom stereocenters. The molecule has 0 bridgehead atoms. The van der Waals surface area contributed by atoms with Gasteiger partial charge in [0.1, 0.15) is 6.04 Å². The summed E-state index contributed by atoms with van der Waals surface area (Å²) in [6.07, 6.45) is 3.10. The molecule has 1 N–H and O–H groups in total. The maximum atomic E-state index is 12.5. The zero-order chi connectivity index (χ0) is 17.0. The van der Waals surface area contributed by atoms with E-state index in [1.165, 1.54) is 4.31 Å². The van der Waals surface area contributed by atoms with Crippen LogP contribution in [0.2, 0.25) is 5.02 Å². The monoisotopic (exact) mass is 360 g/mol. The lowest BCUT2D eigenvalue weighted by atomic mass is 10.2. The Morgan fingerprint density at radius 1 is 1.48 bits per heavy atom. The van der Waals surface area contributed by atoms with Gasteiger partial charge in [-0.1, -0.05) is 24.6 Å². The minimum atomic E-state index is -3.41. The Morgan fingerprint density at radius 2 is 2.22 bits per heavy atom. The van der Waals surface area contributed by atoms with E-state index in [9.17, 15) is 13.2 Å². The average molecular weight is 361 g/mol. The molecule has 23 heavy (non-hydrogen) atoms. The van der Waals surface area contributed by atoms with Gasteiger partial charge < -0.3 is 10.1 Å². The molecule has 0 aromatic heterocycles. The maximum Gasteiger partial charge on any atom is 0.242 e. The van der Waals surface area contributed by atoms with Crippen molar-refractivity contribution in [3.63, 3.8) is 0 Å². The van der Waals surface area contributed by atoms with Crippen LogP contribution in [0.25, 0.3) is 0 Å².